The van der Waals surface area contributed by atoms with Crippen LogP contribution in [0.5, 0.6) is 0 Å². The van der Waals surface area contributed by atoms with E-state index in [1.54, 1.807) is 16.2 Å². The average Bonchev–Trinajstić information content (AvgIpc) is 3.23. The lowest BCUT2D eigenvalue weighted by atomic mass is 9.87. The normalized spacial score (nSPS) is 23.2. The minimum absolute atomic E-state index is 0.159. The number of piperidine rings is 2. The molecule has 0 aliphatic carbocycles. The number of amides is 2. The Balaban J connectivity index is 1.57. The SMILES string of the molecule is CCCC1C(C)CCCN1C(=O)c1csc(C2CCN(C(=O)CNS(C)(=O)=O)CC2)c1. The number of sulfonamides is 1. The quantitative estimate of drug-likeness (QED) is 0.665. The molecule has 3 heterocycles. The van der Waals surface area contributed by atoms with Gasteiger partial charge >= 0.3 is 0 Å². The van der Waals surface area contributed by atoms with Crippen LogP contribution in [-0.2, 0) is 14.8 Å². The van der Waals surface area contributed by atoms with Crippen LogP contribution in [0.2, 0.25) is 0 Å². The second kappa shape index (κ2) is 10.4. The number of hydrogen-bond acceptors (Lipinski definition) is 5. The number of rotatable bonds is 7. The van der Waals surface area contributed by atoms with Crippen LogP contribution < -0.4 is 4.72 Å². The molecule has 0 bridgehead atoms. The van der Waals surface area contributed by atoms with Crippen molar-refractivity contribution >= 4 is 33.2 Å². The molecule has 2 atom stereocenters. The Kier molecular flexibility index (Phi) is 8.15. The molecule has 0 aromatic carbocycles. The highest BCUT2D eigenvalue weighted by Gasteiger charge is 2.32. The van der Waals surface area contributed by atoms with E-state index in [2.05, 4.69) is 29.5 Å². The van der Waals surface area contributed by atoms with Gasteiger partial charge in [0, 0.05) is 35.9 Å². The highest BCUT2D eigenvalue weighted by Crippen LogP contribution is 2.34. The first-order valence-electron chi connectivity index (χ1n) is 11.3. The third-order valence-electron chi connectivity index (χ3n) is 6.56. The minimum Gasteiger partial charge on any atom is -0.342 e. The van der Waals surface area contributed by atoms with Crippen LogP contribution >= 0.6 is 11.3 Å². The van der Waals surface area contributed by atoms with Gasteiger partial charge in [-0.15, -0.1) is 11.3 Å². The maximum Gasteiger partial charge on any atom is 0.254 e. The number of nitrogens with one attached hydrogen (secondary N) is 1. The van der Waals surface area contributed by atoms with E-state index in [-0.39, 0.29) is 18.4 Å². The van der Waals surface area contributed by atoms with Gasteiger partial charge in [-0.25, -0.2) is 13.1 Å². The minimum atomic E-state index is -3.37. The predicted molar refractivity (Wildman–Crippen MR) is 124 cm³/mol. The summed E-state index contributed by atoms with van der Waals surface area (Å²) in [5.41, 5.74) is 0.797. The highest BCUT2D eigenvalue weighted by atomic mass is 32.2. The van der Waals surface area contributed by atoms with Gasteiger partial charge in [0.05, 0.1) is 18.4 Å². The summed E-state index contributed by atoms with van der Waals surface area (Å²) in [6.45, 7) is 6.33. The molecule has 2 saturated heterocycles. The monoisotopic (exact) mass is 469 g/mol. The molecule has 31 heavy (non-hydrogen) atoms. The van der Waals surface area contributed by atoms with Gasteiger partial charge in [0.25, 0.3) is 5.91 Å². The maximum atomic E-state index is 13.2. The van der Waals surface area contributed by atoms with E-state index in [0.29, 0.717) is 31.0 Å². The number of likely N-dealkylation sites (tertiary alicyclic amines) is 2. The van der Waals surface area contributed by atoms with Crippen LogP contribution in [-0.4, -0.2) is 68.5 Å². The second-order valence-electron chi connectivity index (χ2n) is 8.96. The van der Waals surface area contributed by atoms with Crippen molar-refractivity contribution in [2.75, 3.05) is 32.4 Å². The summed E-state index contributed by atoms with van der Waals surface area (Å²) in [5, 5.41) is 1.99. The number of carbonyl (C=O) groups is 2. The Hall–Kier alpha value is -1.45. The van der Waals surface area contributed by atoms with Crippen molar-refractivity contribution in [1.82, 2.24) is 14.5 Å². The highest BCUT2D eigenvalue weighted by molar-refractivity contribution is 7.88. The molecule has 2 unspecified atom stereocenters. The van der Waals surface area contributed by atoms with Crippen LogP contribution in [0.1, 0.15) is 73.5 Å². The Morgan fingerprint density at radius 1 is 1.19 bits per heavy atom. The standard InChI is InChI=1S/C22H35N3O4S2/c1-4-6-19-16(2)7-5-10-25(19)22(27)18-13-20(30-15-18)17-8-11-24(12-9-17)21(26)14-23-31(3,28)29/h13,15-17,19,23H,4-12,14H2,1-3H3. The lowest BCUT2D eigenvalue weighted by Gasteiger charge is -2.40. The first-order valence-corrected chi connectivity index (χ1v) is 14.1. The molecule has 2 aliphatic heterocycles. The number of nitrogens with zero attached hydrogens (tertiary/aromatic N) is 2. The van der Waals surface area contributed by atoms with E-state index in [0.717, 1.165) is 50.5 Å². The van der Waals surface area contributed by atoms with E-state index >= 15 is 0 Å². The van der Waals surface area contributed by atoms with Crippen LogP contribution in [0.15, 0.2) is 11.4 Å². The van der Waals surface area contributed by atoms with Crippen molar-refractivity contribution in [3.63, 3.8) is 0 Å². The summed E-state index contributed by atoms with van der Waals surface area (Å²) in [6.07, 6.45) is 7.13. The molecule has 2 fully saturated rings. The average molecular weight is 470 g/mol. The van der Waals surface area contributed by atoms with Gasteiger partial charge in [0.2, 0.25) is 15.9 Å². The third-order valence-corrected chi connectivity index (χ3v) is 8.33. The van der Waals surface area contributed by atoms with Gasteiger partial charge in [0.1, 0.15) is 0 Å². The van der Waals surface area contributed by atoms with Gasteiger partial charge in [-0.2, -0.15) is 0 Å². The van der Waals surface area contributed by atoms with Crippen molar-refractivity contribution in [2.24, 2.45) is 5.92 Å². The Bertz CT molecular complexity index is 875. The van der Waals surface area contributed by atoms with E-state index in [1.807, 2.05) is 5.38 Å². The first kappa shape index (κ1) is 24.2. The van der Waals surface area contributed by atoms with Crippen molar-refractivity contribution < 1.29 is 18.0 Å². The zero-order valence-corrected chi connectivity index (χ0v) is 20.4. The molecule has 1 aromatic heterocycles. The summed E-state index contributed by atoms with van der Waals surface area (Å²) in [4.78, 5) is 30.5. The number of hydrogen-bond donors (Lipinski definition) is 1. The Morgan fingerprint density at radius 3 is 2.55 bits per heavy atom. The molecular formula is C22H35N3O4S2. The summed E-state index contributed by atoms with van der Waals surface area (Å²) >= 11 is 1.64. The van der Waals surface area contributed by atoms with E-state index in [9.17, 15) is 18.0 Å². The molecule has 0 radical (unpaired) electrons. The summed E-state index contributed by atoms with van der Waals surface area (Å²) in [7, 11) is -3.37. The summed E-state index contributed by atoms with van der Waals surface area (Å²) in [5.74, 6) is 0.860. The van der Waals surface area contributed by atoms with Gasteiger partial charge in [-0.3, -0.25) is 9.59 Å². The van der Waals surface area contributed by atoms with Gasteiger partial charge in [-0.1, -0.05) is 20.3 Å². The molecule has 0 spiro atoms. The molecule has 3 rings (SSSR count). The topological polar surface area (TPSA) is 86.8 Å². The van der Waals surface area contributed by atoms with Gasteiger partial charge in [-0.05, 0) is 50.0 Å². The Labute approximate surface area is 190 Å². The smallest absolute Gasteiger partial charge is 0.254 e. The molecule has 9 heteroatoms. The largest absolute Gasteiger partial charge is 0.342 e. The van der Waals surface area contributed by atoms with E-state index in [4.69, 9.17) is 0 Å². The van der Waals surface area contributed by atoms with E-state index in [1.165, 1.54) is 11.3 Å². The molecule has 1 N–H and O–H groups in total. The lowest BCUT2D eigenvalue weighted by Crippen LogP contribution is -2.47. The number of carbonyl (C=O) groups excluding carboxylic acids is 2. The van der Waals surface area contributed by atoms with Gasteiger partial charge in [0.15, 0.2) is 0 Å². The van der Waals surface area contributed by atoms with Crippen molar-refractivity contribution in [3.8, 4) is 0 Å². The molecular weight excluding hydrogens is 434 g/mol. The molecule has 2 amide bonds. The molecule has 2 aliphatic rings. The Morgan fingerprint density at radius 2 is 1.90 bits per heavy atom. The van der Waals surface area contributed by atoms with Crippen molar-refractivity contribution in [2.45, 2.75) is 64.3 Å². The maximum absolute atomic E-state index is 13.2. The zero-order chi connectivity index (χ0) is 22.6. The second-order valence-corrected chi connectivity index (χ2v) is 11.7. The number of thiophene rings is 1. The molecule has 0 saturated carbocycles. The predicted octanol–water partition coefficient (Wildman–Crippen LogP) is 3.04. The first-order chi connectivity index (χ1) is 14.7. The van der Waals surface area contributed by atoms with Crippen LogP contribution in [0, 0.1) is 5.92 Å². The zero-order valence-electron chi connectivity index (χ0n) is 18.8. The fourth-order valence-electron chi connectivity index (χ4n) is 4.80. The summed E-state index contributed by atoms with van der Waals surface area (Å²) in [6, 6.07) is 2.40. The van der Waals surface area contributed by atoms with Crippen molar-refractivity contribution in [3.05, 3.63) is 21.9 Å². The van der Waals surface area contributed by atoms with Crippen molar-refractivity contribution in [1.29, 1.82) is 0 Å². The van der Waals surface area contributed by atoms with Gasteiger partial charge < -0.3 is 9.80 Å². The van der Waals surface area contributed by atoms with Crippen LogP contribution in [0.25, 0.3) is 0 Å². The molecule has 174 valence electrons. The lowest BCUT2D eigenvalue weighted by molar-refractivity contribution is -0.130. The molecule has 1 aromatic rings. The van der Waals surface area contributed by atoms with E-state index < -0.39 is 10.0 Å². The molecule has 7 nitrogen and oxygen atoms in total. The fourth-order valence-corrected chi connectivity index (χ4v) is 6.24. The fraction of sp³-hybridized carbons (Fsp3) is 0.727. The third kappa shape index (κ3) is 6.29. The summed E-state index contributed by atoms with van der Waals surface area (Å²) < 4.78 is 24.6. The van der Waals surface area contributed by atoms with Crippen LogP contribution in [0.3, 0.4) is 0 Å². The van der Waals surface area contributed by atoms with Crippen LogP contribution in [0.4, 0.5) is 0 Å².